The number of nitrogens with zero attached hydrogens (tertiary/aromatic N) is 1. The van der Waals surface area contributed by atoms with Gasteiger partial charge in [-0.2, -0.15) is 0 Å². The monoisotopic (exact) mass is 343 g/mol. The maximum absolute atomic E-state index is 11.0. The van der Waals surface area contributed by atoms with Crippen molar-refractivity contribution < 1.29 is 4.79 Å². The third kappa shape index (κ3) is 3.44. The molecule has 0 radical (unpaired) electrons. The third-order valence-electron chi connectivity index (χ3n) is 3.51. The van der Waals surface area contributed by atoms with Gasteiger partial charge in [-0.3, -0.25) is 4.79 Å². The predicted octanol–water partition coefficient (Wildman–Crippen LogP) is 3.23. The van der Waals surface area contributed by atoms with Crippen molar-refractivity contribution in [2.24, 2.45) is 0 Å². The Labute approximate surface area is 117 Å². The van der Waals surface area contributed by atoms with Crippen LogP contribution in [0.1, 0.15) is 31.2 Å². The molecule has 1 atom stereocenters. The quantitative estimate of drug-likeness (QED) is 0.607. The van der Waals surface area contributed by atoms with E-state index in [2.05, 4.69) is 46.9 Å². The summed E-state index contributed by atoms with van der Waals surface area (Å²) in [6, 6.07) is 8.96. The van der Waals surface area contributed by atoms with Crippen LogP contribution in [-0.2, 0) is 11.2 Å². The van der Waals surface area contributed by atoms with Crippen LogP contribution in [0, 0.1) is 3.57 Å². The Balaban J connectivity index is 1.93. The topological polar surface area (TPSA) is 20.3 Å². The van der Waals surface area contributed by atoms with Crippen molar-refractivity contribution in [1.29, 1.82) is 0 Å². The average molecular weight is 343 g/mol. The molecule has 0 aliphatic carbocycles. The van der Waals surface area contributed by atoms with Crippen molar-refractivity contribution in [3.63, 3.8) is 0 Å². The van der Waals surface area contributed by atoms with Gasteiger partial charge >= 0.3 is 0 Å². The fraction of sp³-hybridized carbons (Fsp3) is 0.500. The van der Waals surface area contributed by atoms with E-state index in [0.29, 0.717) is 6.04 Å². The lowest BCUT2D eigenvalue weighted by molar-refractivity contribution is -0.121. The summed E-state index contributed by atoms with van der Waals surface area (Å²) < 4.78 is 1.33. The van der Waals surface area contributed by atoms with Crippen molar-refractivity contribution in [2.45, 2.75) is 38.1 Å². The van der Waals surface area contributed by atoms with E-state index in [4.69, 9.17) is 0 Å². The second-order valence-corrected chi connectivity index (χ2v) is 5.79. The number of carbonyl (C=O) groups is 1. The first kappa shape index (κ1) is 12.9. The van der Waals surface area contributed by atoms with E-state index in [1.165, 1.54) is 22.0 Å². The van der Waals surface area contributed by atoms with E-state index in [1.54, 1.807) is 0 Å². The molecule has 1 unspecified atom stereocenters. The fourth-order valence-corrected chi connectivity index (χ4v) is 3.15. The molecule has 0 spiro atoms. The van der Waals surface area contributed by atoms with E-state index < -0.39 is 0 Å². The number of halogens is 1. The highest BCUT2D eigenvalue weighted by Gasteiger charge is 2.20. The van der Waals surface area contributed by atoms with Gasteiger partial charge in [-0.1, -0.05) is 18.2 Å². The van der Waals surface area contributed by atoms with Crippen molar-refractivity contribution in [2.75, 3.05) is 6.54 Å². The maximum Gasteiger partial charge on any atom is 0.209 e. The van der Waals surface area contributed by atoms with Gasteiger partial charge in [0.15, 0.2) is 0 Å². The number of likely N-dealkylation sites (tertiary alicyclic amines) is 1. The van der Waals surface area contributed by atoms with Crippen LogP contribution in [0.4, 0.5) is 0 Å². The molecule has 17 heavy (non-hydrogen) atoms. The Morgan fingerprint density at radius 1 is 1.35 bits per heavy atom. The number of aryl methyl sites for hydroxylation is 1. The largest absolute Gasteiger partial charge is 0.342 e. The molecule has 0 bridgehead atoms. The van der Waals surface area contributed by atoms with Crippen molar-refractivity contribution >= 4 is 29.0 Å². The molecule has 1 saturated heterocycles. The molecule has 1 aromatic rings. The van der Waals surface area contributed by atoms with Crippen LogP contribution in [-0.4, -0.2) is 23.9 Å². The number of amides is 1. The third-order valence-corrected chi connectivity index (χ3v) is 4.57. The molecule has 0 saturated carbocycles. The fourth-order valence-electron chi connectivity index (χ4n) is 2.49. The summed E-state index contributed by atoms with van der Waals surface area (Å²) in [5, 5.41) is 0. The number of carbonyl (C=O) groups excluding carboxylic acids is 1. The molecule has 3 heteroatoms. The van der Waals surface area contributed by atoms with Gasteiger partial charge in [-0.25, -0.2) is 0 Å². The lowest BCUT2D eigenvalue weighted by atomic mass is 9.96. The van der Waals surface area contributed by atoms with Gasteiger partial charge in [-0.15, -0.1) is 0 Å². The van der Waals surface area contributed by atoms with Crippen molar-refractivity contribution in [3.8, 4) is 0 Å². The standard InChI is InChI=1S/C14H18INO/c15-14-7-2-1-5-12(14)8-9-13-6-3-4-10-16(13)11-17/h1-2,5,7,11,13H,3-4,6,8-10H2. The van der Waals surface area contributed by atoms with Gasteiger partial charge in [0.1, 0.15) is 0 Å². The first-order chi connectivity index (χ1) is 8.31. The molecule has 0 N–H and O–H groups in total. The summed E-state index contributed by atoms with van der Waals surface area (Å²) in [7, 11) is 0. The van der Waals surface area contributed by atoms with Crippen LogP contribution in [0.5, 0.6) is 0 Å². The highest BCUT2D eigenvalue weighted by Crippen LogP contribution is 2.21. The highest BCUT2D eigenvalue weighted by atomic mass is 127. The second kappa shape index (κ2) is 6.38. The molecule has 2 rings (SSSR count). The van der Waals surface area contributed by atoms with Gasteiger partial charge in [0, 0.05) is 16.2 Å². The zero-order chi connectivity index (χ0) is 12.1. The molecule has 1 aromatic carbocycles. The average Bonchev–Trinajstić information content (AvgIpc) is 2.38. The van der Waals surface area contributed by atoms with E-state index in [9.17, 15) is 4.79 Å². The van der Waals surface area contributed by atoms with E-state index in [0.717, 1.165) is 32.2 Å². The first-order valence-electron chi connectivity index (χ1n) is 6.25. The van der Waals surface area contributed by atoms with Crippen LogP contribution in [0.3, 0.4) is 0 Å². The minimum Gasteiger partial charge on any atom is -0.342 e. The molecule has 1 heterocycles. The second-order valence-electron chi connectivity index (χ2n) is 4.62. The van der Waals surface area contributed by atoms with Gasteiger partial charge < -0.3 is 4.90 Å². The van der Waals surface area contributed by atoms with Crippen LogP contribution in [0.15, 0.2) is 24.3 Å². The zero-order valence-electron chi connectivity index (χ0n) is 9.94. The number of rotatable bonds is 4. The lowest BCUT2D eigenvalue weighted by Crippen LogP contribution is -2.38. The zero-order valence-corrected chi connectivity index (χ0v) is 12.1. The summed E-state index contributed by atoms with van der Waals surface area (Å²) in [5.41, 5.74) is 1.41. The molecule has 1 aliphatic rings. The van der Waals surface area contributed by atoms with Gasteiger partial charge in [0.2, 0.25) is 6.41 Å². The SMILES string of the molecule is O=CN1CCCCC1CCc1ccccc1I. The number of hydrogen-bond acceptors (Lipinski definition) is 1. The highest BCUT2D eigenvalue weighted by molar-refractivity contribution is 14.1. The van der Waals surface area contributed by atoms with Gasteiger partial charge in [-0.05, 0) is 66.3 Å². The molecular weight excluding hydrogens is 325 g/mol. The van der Waals surface area contributed by atoms with Crippen LogP contribution in [0.25, 0.3) is 0 Å². The Bertz CT molecular complexity index is 380. The molecule has 0 aromatic heterocycles. The summed E-state index contributed by atoms with van der Waals surface area (Å²) in [5.74, 6) is 0. The molecule has 1 fully saturated rings. The molecule has 92 valence electrons. The normalized spacial score (nSPS) is 20.3. The van der Waals surface area contributed by atoms with Crippen molar-refractivity contribution in [3.05, 3.63) is 33.4 Å². The van der Waals surface area contributed by atoms with E-state index in [-0.39, 0.29) is 0 Å². The minimum atomic E-state index is 0.456. The van der Waals surface area contributed by atoms with E-state index in [1.807, 2.05) is 4.90 Å². The summed E-state index contributed by atoms with van der Waals surface area (Å²) in [6.07, 6.45) is 6.80. The summed E-state index contributed by atoms with van der Waals surface area (Å²) in [6.45, 7) is 0.944. The minimum absolute atomic E-state index is 0.456. The maximum atomic E-state index is 11.0. The first-order valence-corrected chi connectivity index (χ1v) is 7.33. The van der Waals surface area contributed by atoms with E-state index >= 15 is 0 Å². The summed E-state index contributed by atoms with van der Waals surface area (Å²) in [4.78, 5) is 13.0. The Kier molecular flexibility index (Phi) is 4.83. The van der Waals surface area contributed by atoms with Crippen LogP contribution >= 0.6 is 22.6 Å². The molecule has 1 aliphatic heterocycles. The number of piperidine rings is 1. The Morgan fingerprint density at radius 2 is 2.18 bits per heavy atom. The summed E-state index contributed by atoms with van der Waals surface area (Å²) >= 11 is 2.39. The number of hydrogen-bond donors (Lipinski definition) is 0. The molecule has 1 amide bonds. The molecular formula is C14H18INO. The number of benzene rings is 1. The van der Waals surface area contributed by atoms with Crippen molar-refractivity contribution in [1.82, 2.24) is 4.90 Å². The smallest absolute Gasteiger partial charge is 0.209 e. The van der Waals surface area contributed by atoms with Gasteiger partial charge in [0.25, 0.3) is 0 Å². The Hall–Kier alpha value is -0.580. The Morgan fingerprint density at radius 3 is 2.94 bits per heavy atom. The van der Waals surface area contributed by atoms with Gasteiger partial charge in [0.05, 0.1) is 0 Å². The lowest BCUT2D eigenvalue weighted by Gasteiger charge is -2.32. The predicted molar refractivity (Wildman–Crippen MR) is 77.9 cm³/mol. The molecule has 2 nitrogen and oxygen atoms in total. The van der Waals surface area contributed by atoms with Crippen LogP contribution in [0.2, 0.25) is 0 Å². The van der Waals surface area contributed by atoms with Crippen LogP contribution < -0.4 is 0 Å².